The Morgan fingerprint density at radius 2 is 1.88 bits per heavy atom. The van der Waals surface area contributed by atoms with Crippen molar-refractivity contribution in [1.29, 1.82) is 0 Å². The van der Waals surface area contributed by atoms with E-state index in [1.165, 1.54) is 18.2 Å². The Kier molecular flexibility index (Phi) is 3.00. The molecule has 0 fully saturated rings. The standard InChI is InChI=1S/C12H10O5/c13-8-1-3-9(4-2-8)16-7-10-5-6-11(17-10)12(14)15/h1-6,13H,7H2,(H,14,15). The third kappa shape index (κ3) is 2.78. The number of hydrogen-bond donors (Lipinski definition) is 2. The summed E-state index contributed by atoms with van der Waals surface area (Å²) in [5.41, 5.74) is 0. The third-order valence-corrected chi connectivity index (χ3v) is 2.09. The van der Waals surface area contributed by atoms with Crippen molar-refractivity contribution in [3.63, 3.8) is 0 Å². The van der Waals surface area contributed by atoms with Gasteiger partial charge in [0.1, 0.15) is 23.9 Å². The van der Waals surface area contributed by atoms with Gasteiger partial charge in [0.15, 0.2) is 0 Å². The van der Waals surface area contributed by atoms with Crippen molar-refractivity contribution in [3.05, 3.63) is 47.9 Å². The zero-order valence-electron chi connectivity index (χ0n) is 8.79. The lowest BCUT2D eigenvalue weighted by Crippen LogP contribution is -1.95. The van der Waals surface area contributed by atoms with Gasteiger partial charge in [0.2, 0.25) is 5.76 Å². The molecule has 2 aromatic rings. The monoisotopic (exact) mass is 234 g/mol. The molecule has 0 bridgehead atoms. The first-order valence-electron chi connectivity index (χ1n) is 4.89. The molecule has 5 nitrogen and oxygen atoms in total. The van der Waals surface area contributed by atoms with Crippen molar-refractivity contribution in [2.45, 2.75) is 6.61 Å². The summed E-state index contributed by atoms with van der Waals surface area (Å²) >= 11 is 0. The smallest absolute Gasteiger partial charge is 0.371 e. The van der Waals surface area contributed by atoms with E-state index in [1.54, 1.807) is 18.2 Å². The molecule has 17 heavy (non-hydrogen) atoms. The van der Waals surface area contributed by atoms with Gasteiger partial charge in [-0.1, -0.05) is 0 Å². The molecule has 0 saturated carbocycles. The van der Waals surface area contributed by atoms with Crippen LogP contribution >= 0.6 is 0 Å². The van der Waals surface area contributed by atoms with Crippen LogP contribution in [0.25, 0.3) is 0 Å². The van der Waals surface area contributed by atoms with Crippen molar-refractivity contribution in [1.82, 2.24) is 0 Å². The average molecular weight is 234 g/mol. The number of phenolic OH excluding ortho intramolecular Hbond substituents is 1. The lowest BCUT2D eigenvalue weighted by Gasteiger charge is -2.03. The van der Waals surface area contributed by atoms with Crippen molar-refractivity contribution in [2.75, 3.05) is 0 Å². The van der Waals surface area contributed by atoms with Crippen molar-refractivity contribution < 1.29 is 24.2 Å². The highest BCUT2D eigenvalue weighted by molar-refractivity contribution is 5.84. The van der Waals surface area contributed by atoms with E-state index in [0.717, 1.165) is 0 Å². The first kappa shape index (κ1) is 11.1. The number of carboxylic acid groups (broad SMARTS) is 1. The normalized spacial score (nSPS) is 10.1. The van der Waals surface area contributed by atoms with Crippen LogP contribution in [-0.4, -0.2) is 16.2 Å². The highest BCUT2D eigenvalue weighted by Crippen LogP contribution is 2.18. The van der Waals surface area contributed by atoms with Crippen LogP contribution in [0.2, 0.25) is 0 Å². The number of phenols is 1. The molecule has 1 aromatic heterocycles. The van der Waals surface area contributed by atoms with E-state index in [2.05, 4.69) is 0 Å². The minimum atomic E-state index is -1.11. The van der Waals surface area contributed by atoms with Crippen molar-refractivity contribution in [2.24, 2.45) is 0 Å². The fraction of sp³-hybridized carbons (Fsp3) is 0.0833. The zero-order valence-corrected chi connectivity index (χ0v) is 8.79. The summed E-state index contributed by atoms with van der Waals surface area (Å²) in [5.74, 6) is -0.0785. The second kappa shape index (κ2) is 4.61. The van der Waals surface area contributed by atoms with Crippen LogP contribution in [0, 0.1) is 0 Å². The Bertz CT molecular complexity index is 512. The Morgan fingerprint density at radius 1 is 1.18 bits per heavy atom. The highest BCUT2D eigenvalue weighted by atomic mass is 16.5. The molecule has 0 aliphatic heterocycles. The fourth-order valence-electron chi connectivity index (χ4n) is 1.27. The van der Waals surface area contributed by atoms with Crippen LogP contribution in [0.15, 0.2) is 40.8 Å². The molecular formula is C12H10O5. The molecule has 0 aliphatic rings. The summed E-state index contributed by atoms with van der Waals surface area (Å²) in [6.07, 6.45) is 0. The summed E-state index contributed by atoms with van der Waals surface area (Å²) in [4.78, 5) is 10.6. The van der Waals surface area contributed by atoms with Gasteiger partial charge in [-0.3, -0.25) is 0 Å². The predicted molar refractivity (Wildman–Crippen MR) is 58.1 cm³/mol. The molecule has 0 saturated heterocycles. The Labute approximate surface area is 96.9 Å². The van der Waals surface area contributed by atoms with Gasteiger partial charge in [0.25, 0.3) is 0 Å². The maximum absolute atomic E-state index is 10.6. The van der Waals surface area contributed by atoms with Gasteiger partial charge in [-0.15, -0.1) is 0 Å². The van der Waals surface area contributed by atoms with Crippen LogP contribution < -0.4 is 4.74 Å². The number of hydrogen-bond acceptors (Lipinski definition) is 4. The van der Waals surface area contributed by atoms with E-state index < -0.39 is 5.97 Å². The third-order valence-electron chi connectivity index (χ3n) is 2.09. The van der Waals surface area contributed by atoms with Crippen LogP contribution in [0.4, 0.5) is 0 Å². The van der Waals surface area contributed by atoms with E-state index >= 15 is 0 Å². The van der Waals surface area contributed by atoms with Gasteiger partial charge in [-0.2, -0.15) is 0 Å². The van der Waals surface area contributed by atoms with Gasteiger partial charge in [-0.25, -0.2) is 4.79 Å². The summed E-state index contributed by atoms with van der Waals surface area (Å²) in [6.45, 7) is 0.137. The summed E-state index contributed by atoms with van der Waals surface area (Å²) in [5, 5.41) is 17.7. The number of rotatable bonds is 4. The van der Waals surface area contributed by atoms with Crippen molar-refractivity contribution >= 4 is 5.97 Å². The largest absolute Gasteiger partial charge is 0.508 e. The van der Waals surface area contributed by atoms with E-state index in [4.69, 9.17) is 19.4 Å². The summed E-state index contributed by atoms with van der Waals surface area (Å²) in [6, 6.07) is 9.13. The molecule has 1 heterocycles. The van der Waals surface area contributed by atoms with E-state index in [1.807, 2.05) is 0 Å². The van der Waals surface area contributed by atoms with E-state index in [0.29, 0.717) is 11.5 Å². The number of carboxylic acids is 1. The number of aromatic hydroxyl groups is 1. The molecular weight excluding hydrogens is 224 g/mol. The lowest BCUT2D eigenvalue weighted by molar-refractivity contribution is 0.0658. The molecule has 0 spiro atoms. The first-order chi connectivity index (χ1) is 8.15. The van der Waals surface area contributed by atoms with Crippen LogP contribution in [0.1, 0.15) is 16.3 Å². The summed E-state index contributed by atoms with van der Waals surface area (Å²) < 4.78 is 10.4. The van der Waals surface area contributed by atoms with Gasteiger partial charge >= 0.3 is 5.97 Å². The van der Waals surface area contributed by atoms with Crippen LogP contribution in [0.3, 0.4) is 0 Å². The number of furan rings is 1. The summed E-state index contributed by atoms with van der Waals surface area (Å²) in [7, 11) is 0. The molecule has 0 aliphatic carbocycles. The maximum Gasteiger partial charge on any atom is 0.371 e. The number of benzene rings is 1. The predicted octanol–water partition coefficient (Wildman–Crippen LogP) is 2.26. The lowest BCUT2D eigenvalue weighted by atomic mass is 10.3. The molecule has 2 N–H and O–H groups in total. The molecule has 5 heteroatoms. The first-order valence-corrected chi connectivity index (χ1v) is 4.89. The molecule has 1 aromatic carbocycles. The minimum absolute atomic E-state index is 0.116. The fourth-order valence-corrected chi connectivity index (χ4v) is 1.27. The quantitative estimate of drug-likeness (QED) is 0.848. The van der Waals surface area contributed by atoms with E-state index in [9.17, 15) is 4.79 Å². The molecule has 0 amide bonds. The molecule has 0 radical (unpaired) electrons. The van der Waals surface area contributed by atoms with Gasteiger partial charge < -0.3 is 19.4 Å². The molecule has 88 valence electrons. The topological polar surface area (TPSA) is 79.9 Å². The zero-order chi connectivity index (χ0) is 12.3. The highest BCUT2D eigenvalue weighted by Gasteiger charge is 2.08. The minimum Gasteiger partial charge on any atom is -0.508 e. The number of ether oxygens (including phenoxy) is 1. The van der Waals surface area contributed by atoms with Gasteiger partial charge in [0, 0.05) is 0 Å². The Balaban J connectivity index is 1.97. The second-order valence-corrected chi connectivity index (χ2v) is 3.35. The van der Waals surface area contributed by atoms with Crippen LogP contribution in [-0.2, 0) is 6.61 Å². The van der Waals surface area contributed by atoms with E-state index in [-0.39, 0.29) is 18.1 Å². The Hall–Kier alpha value is -2.43. The number of carbonyl (C=O) groups is 1. The molecule has 2 rings (SSSR count). The molecule has 0 unspecified atom stereocenters. The average Bonchev–Trinajstić information content (AvgIpc) is 2.77. The Morgan fingerprint density at radius 3 is 2.47 bits per heavy atom. The second-order valence-electron chi connectivity index (χ2n) is 3.35. The van der Waals surface area contributed by atoms with Crippen LogP contribution in [0.5, 0.6) is 11.5 Å². The molecule has 0 atom stereocenters. The van der Waals surface area contributed by atoms with Crippen molar-refractivity contribution in [3.8, 4) is 11.5 Å². The van der Waals surface area contributed by atoms with Gasteiger partial charge in [0.05, 0.1) is 0 Å². The number of aromatic carboxylic acids is 1. The maximum atomic E-state index is 10.6. The van der Waals surface area contributed by atoms with Gasteiger partial charge in [-0.05, 0) is 36.4 Å². The SMILES string of the molecule is O=C(O)c1ccc(COc2ccc(O)cc2)o1.